The van der Waals surface area contributed by atoms with Gasteiger partial charge >= 0.3 is 5.76 Å². The highest BCUT2D eigenvalue weighted by molar-refractivity contribution is 5.94. The van der Waals surface area contributed by atoms with Crippen molar-refractivity contribution in [2.45, 2.75) is 6.54 Å². The fourth-order valence-corrected chi connectivity index (χ4v) is 2.30. The molecule has 3 aromatic rings. The Labute approximate surface area is 132 Å². The third kappa shape index (κ3) is 3.26. The van der Waals surface area contributed by atoms with Crippen LogP contribution in [0.1, 0.15) is 15.9 Å². The normalized spacial score (nSPS) is 10.7. The molecule has 2 aromatic carbocycles. The van der Waals surface area contributed by atoms with Crippen molar-refractivity contribution in [1.29, 1.82) is 0 Å². The summed E-state index contributed by atoms with van der Waals surface area (Å²) in [5.74, 6) is -0.631. The minimum Gasteiger partial charge on any atom is -0.408 e. The van der Waals surface area contributed by atoms with E-state index in [0.29, 0.717) is 23.2 Å². The molecule has 6 heteroatoms. The topological polar surface area (TPSA) is 78.3 Å². The average molecular weight is 311 g/mol. The first-order valence-corrected chi connectivity index (χ1v) is 7.20. The number of benzene rings is 2. The van der Waals surface area contributed by atoms with Crippen LogP contribution in [0.2, 0.25) is 0 Å². The number of nitrogens with one attached hydrogen (secondary N) is 2. The Morgan fingerprint density at radius 1 is 1.17 bits per heavy atom. The maximum atomic E-state index is 12.2. The molecule has 23 heavy (non-hydrogen) atoms. The number of rotatable bonds is 4. The van der Waals surface area contributed by atoms with Crippen molar-refractivity contribution in [1.82, 2.24) is 10.3 Å². The highest BCUT2D eigenvalue weighted by atomic mass is 16.4. The smallest absolute Gasteiger partial charge is 0.408 e. The van der Waals surface area contributed by atoms with Gasteiger partial charge in [-0.25, -0.2) is 4.79 Å². The SMILES string of the molecule is CN(C)c1ccc(C(=O)NCc2ccc3[nH]c(=O)oc3c2)cc1. The first-order valence-electron chi connectivity index (χ1n) is 7.20. The lowest BCUT2D eigenvalue weighted by Gasteiger charge is -2.12. The molecule has 0 aliphatic carbocycles. The Kier molecular flexibility index (Phi) is 3.89. The summed E-state index contributed by atoms with van der Waals surface area (Å²) in [6.45, 7) is 0.360. The predicted octanol–water partition coefficient (Wildman–Crippen LogP) is 2.12. The number of anilines is 1. The van der Waals surface area contributed by atoms with Gasteiger partial charge in [0.15, 0.2) is 5.58 Å². The van der Waals surface area contributed by atoms with E-state index >= 15 is 0 Å². The number of carbonyl (C=O) groups excluding carboxylic acids is 1. The summed E-state index contributed by atoms with van der Waals surface area (Å²) in [7, 11) is 3.90. The first kappa shape index (κ1) is 14.9. The molecule has 3 rings (SSSR count). The summed E-state index contributed by atoms with van der Waals surface area (Å²) in [5.41, 5.74) is 3.62. The van der Waals surface area contributed by atoms with Gasteiger partial charge in [0.05, 0.1) is 5.52 Å². The molecule has 118 valence electrons. The van der Waals surface area contributed by atoms with Gasteiger partial charge in [0.2, 0.25) is 0 Å². The number of aromatic amines is 1. The Hall–Kier alpha value is -3.02. The molecule has 0 unspecified atom stereocenters. The van der Waals surface area contributed by atoms with Crippen molar-refractivity contribution in [3.63, 3.8) is 0 Å². The Balaban J connectivity index is 1.68. The van der Waals surface area contributed by atoms with Gasteiger partial charge in [-0.2, -0.15) is 0 Å². The minimum absolute atomic E-state index is 0.147. The lowest BCUT2D eigenvalue weighted by Crippen LogP contribution is -2.22. The van der Waals surface area contributed by atoms with E-state index in [4.69, 9.17) is 4.42 Å². The first-order chi connectivity index (χ1) is 11.0. The maximum absolute atomic E-state index is 12.2. The summed E-state index contributed by atoms with van der Waals surface area (Å²) >= 11 is 0. The van der Waals surface area contributed by atoms with Gasteiger partial charge in [-0.3, -0.25) is 9.78 Å². The van der Waals surface area contributed by atoms with Crippen LogP contribution in [0.4, 0.5) is 5.69 Å². The zero-order valence-corrected chi connectivity index (χ0v) is 12.9. The zero-order valence-electron chi connectivity index (χ0n) is 12.9. The summed E-state index contributed by atoms with van der Waals surface area (Å²) in [6, 6.07) is 12.7. The van der Waals surface area contributed by atoms with Crippen LogP contribution in [0.25, 0.3) is 11.1 Å². The third-order valence-electron chi connectivity index (χ3n) is 3.58. The van der Waals surface area contributed by atoms with Crippen molar-refractivity contribution in [2.75, 3.05) is 19.0 Å². The number of nitrogens with zero attached hydrogens (tertiary/aromatic N) is 1. The highest BCUT2D eigenvalue weighted by Gasteiger charge is 2.07. The Morgan fingerprint density at radius 3 is 2.61 bits per heavy atom. The van der Waals surface area contributed by atoms with E-state index < -0.39 is 5.76 Å². The number of fused-ring (bicyclic) bond motifs is 1. The van der Waals surface area contributed by atoms with E-state index in [-0.39, 0.29) is 5.91 Å². The average Bonchev–Trinajstić information content (AvgIpc) is 2.92. The predicted molar refractivity (Wildman–Crippen MR) is 88.8 cm³/mol. The van der Waals surface area contributed by atoms with Crippen LogP contribution in [0.3, 0.4) is 0 Å². The molecule has 0 aliphatic rings. The maximum Gasteiger partial charge on any atom is 0.417 e. The van der Waals surface area contributed by atoms with Gasteiger partial charge in [0.25, 0.3) is 5.91 Å². The molecule has 1 amide bonds. The van der Waals surface area contributed by atoms with Gasteiger partial charge in [-0.1, -0.05) is 6.07 Å². The fourth-order valence-electron chi connectivity index (χ4n) is 2.30. The zero-order chi connectivity index (χ0) is 16.4. The second-order valence-electron chi connectivity index (χ2n) is 5.47. The van der Waals surface area contributed by atoms with Crippen LogP contribution in [0.5, 0.6) is 0 Å². The molecule has 0 fully saturated rings. The summed E-state index contributed by atoms with van der Waals surface area (Å²) in [5, 5.41) is 2.85. The number of oxazole rings is 1. The van der Waals surface area contributed by atoms with Crippen molar-refractivity contribution in [2.24, 2.45) is 0 Å². The molecule has 0 bridgehead atoms. The molecule has 2 N–H and O–H groups in total. The molecular weight excluding hydrogens is 294 g/mol. The molecule has 0 saturated heterocycles. The van der Waals surface area contributed by atoms with E-state index in [1.54, 1.807) is 24.3 Å². The van der Waals surface area contributed by atoms with Crippen LogP contribution in [0, 0.1) is 0 Å². The van der Waals surface area contributed by atoms with Crippen LogP contribution < -0.4 is 16.0 Å². The van der Waals surface area contributed by atoms with Crippen LogP contribution in [0.15, 0.2) is 51.7 Å². The minimum atomic E-state index is -0.484. The number of carbonyl (C=O) groups is 1. The monoisotopic (exact) mass is 311 g/mol. The van der Waals surface area contributed by atoms with Crippen molar-refractivity contribution in [3.05, 3.63) is 64.1 Å². The standard InChI is InChI=1S/C17H17N3O3/c1-20(2)13-6-4-12(5-7-13)16(21)18-10-11-3-8-14-15(9-11)23-17(22)19-14/h3-9H,10H2,1-2H3,(H,18,21)(H,19,22). The van der Waals surface area contributed by atoms with Crippen LogP contribution in [-0.2, 0) is 6.54 Å². The van der Waals surface area contributed by atoms with Crippen molar-refractivity contribution in [3.8, 4) is 0 Å². The highest BCUT2D eigenvalue weighted by Crippen LogP contribution is 2.14. The van der Waals surface area contributed by atoms with Crippen LogP contribution >= 0.6 is 0 Å². The van der Waals surface area contributed by atoms with E-state index in [1.165, 1.54) is 0 Å². The summed E-state index contributed by atoms with van der Waals surface area (Å²) < 4.78 is 5.01. The molecule has 0 saturated carbocycles. The molecule has 1 heterocycles. The van der Waals surface area contributed by atoms with Gasteiger partial charge in [-0.15, -0.1) is 0 Å². The Morgan fingerprint density at radius 2 is 1.91 bits per heavy atom. The van der Waals surface area contributed by atoms with E-state index in [2.05, 4.69) is 10.3 Å². The quantitative estimate of drug-likeness (QED) is 0.773. The number of H-pyrrole nitrogens is 1. The second-order valence-corrected chi connectivity index (χ2v) is 5.47. The van der Waals surface area contributed by atoms with Crippen LogP contribution in [-0.4, -0.2) is 25.0 Å². The van der Waals surface area contributed by atoms with Crippen molar-refractivity contribution >= 4 is 22.7 Å². The molecule has 1 aromatic heterocycles. The molecule has 0 spiro atoms. The van der Waals surface area contributed by atoms with Gasteiger partial charge < -0.3 is 14.6 Å². The molecule has 0 aliphatic heterocycles. The van der Waals surface area contributed by atoms with Gasteiger partial charge in [0.1, 0.15) is 0 Å². The number of aromatic nitrogens is 1. The van der Waals surface area contributed by atoms with E-state index in [1.807, 2.05) is 37.2 Å². The van der Waals surface area contributed by atoms with Gasteiger partial charge in [0, 0.05) is 31.9 Å². The van der Waals surface area contributed by atoms with Gasteiger partial charge in [-0.05, 0) is 42.0 Å². The van der Waals surface area contributed by atoms with E-state index in [9.17, 15) is 9.59 Å². The molecule has 6 nitrogen and oxygen atoms in total. The number of hydrogen-bond donors (Lipinski definition) is 2. The summed E-state index contributed by atoms with van der Waals surface area (Å²) in [4.78, 5) is 27.8. The molecular formula is C17H17N3O3. The third-order valence-corrected chi connectivity index (χ3v) is 3.58. The van der Waals surface area contributed by atoms with E-state index in [0.717, 1.165) is 11.3 Å². The Bertz CT molecular complexity index is 891. The largest absolute Gasteiger partial charge is 0.417 e. The summed E-state index contributed by atoms with van der Waals surface area (Å²) in [6.07, 6.45) is 0. The molecule has 0 radical (unpaired) electrons. The lowest BCUT2D eigenvalue weighted by molar-refractivity contribution is 0.0951. The lowest BCUT2D eigenvalue weighted by atomic mass is 10.1. The fraction of sp³-hybridized carbons (Fsp3) is 0.176. The second kappa shape index (κ2) is 6.00. The molecule has 0 atom stereocenters. The van der Waals surface area contributed by atoms with Crippen molar-refractivity contribution < 1.29 is 9.21 Å². The number of amides is 1. The number of hydrogen-bond acceptors (Lipinski definition) is 4.